The fraction of sp³-hybridized carbons (Fsp3) is 0.0769. The molecule has 4 heteroatoms. The van der Waals surface area contributed by atoms with Crippen molar-refractivity contribution in [2.75, 3.05) is 6.61 Å². The Morgan fingerprint density at radius 3 is 2.41 bits per heavy atom. The van der Waals surface area contributed by atoms with Gasteiger partial charge in [-0.15, -0.1) is 0 Å². The molecule has 2 aromatic rings. The van der Waals surface area contributed by atoms with Gasteiger partial charge >= 0.3 is 0 Å². The van der Waals surface area contributed by atoms with Gasteiger partial charge in [-0.25, -0.2) is 14.4 Å². The van der Waals surface area contributed by atoms with Gasteiger partial charge in [0.15, 0.2) is 5.82 Å². The molecule has 1 aromatic heterocycles. The van der Waals surface area contributed by atoms with Gasteiger partial charge in [0.1, 0.15) is 5.83 Å². The van der Waals surface area contributed by atoms with Crippen molar-refractivity contribution < 1.29 is 9.50 Å². The molecule has 0 saturated carbocycles. The molecular formula is C13H11FN2O. The molecule has 0 fully saturated rings. The second-order valence-electron chi connectivity index (χ2n) is 3.44. The number of hydrogen-bond donors (Lipinski definition) is 1. The highest BCUT2D eigenvalue weighted by Crippen LogP contribution is 2.16. The largest absolute Gasteiger partial charge is 0.389 e. The van der Waals surface area contributed by atoms with Gasteiger partial charge in [-0.1, -0.05) is 24.3 Å². The Kier molecular flexibility index (Phi) is 3.57. The Bertz CT molecular complexity index is 509. The Morgan fingerprint density at radius 1 is 1.18 bits per heavy atom. The molecule has 86 valence electrons. The van der Waals surface area contributed by atoms with Gasteiger partial charge in [0.05, 0.1) is 6.61 Å². The summed E-state index contributed by atoms with van der Waals surface area (Å²) in [6.07, 6.45) is 4.62. The van der Waals surface area contributed by atoms with Gasteiger partial charge in [-0.05, 0) is 17.7 Å². The van der Waals surface area contributed by atoms with Crippen LogP contribution in [0.1, 0.15) is 5.56 Å². The van der Waals surface area contributed by atoms with Crippen LogP contribution >= 0.6 is 0 Å². The zero-order chi connectivity index (χ0) is 12.1. The molecule has 0 amide bonds. The molecule has 2 rings (SSSR count). The van der Waals surface area contributed by atoms with E-state index in [1.165, 1.54) is 6.08 Å². The number of aliphatic hydroxyl groups excluding tert-OH is 1. The second kappa shape index (κ2) is 5.32. The number of hydrogen-bond acceptors (Lipinski definition) is 3. The molecule has 1 heterocycles. The van der Waals surface area contributed by atoms with Crippen LogP contribution in [0.5, 0.6) is 0 Å². The summed E-state index contributed by atoms with van der Waals surface area (Å²) in [6.45, 7) is -0.580. The van der Waals surface area contributed by atoms with Crippen LogP contribution in [0.4, 0.5) is 4.39 Å². The Labute approximate surface area is 98.3 Å². The molecule has 0 bridgehead atoms. The fourth-order valence-corrected chi connectivity index (χ4v) is 1.40. The highest BCUT2D eigenvalue weighted by atomic mass is 19.1. The van der Waals surface area contributed by atoms with Gasteiger partial charge in [-0.2, -0.15) is 0 Å². The fourth-order valence-electron chi connectivity index (χ4n) is 1.40. The molecule has 0 atom stereocenters. The van der Waals surface area contributed by atoms with E-state index in [1.807, 2.05) is 12.1 Å². The lowest BCUT2D eigenvalue weighted by molar-refractivity contribution is 0.300. The maximum atomic E-state index is 12.8. The molecule has 0 radical (unpaired) electrons. The predicted octanol–water partition coefficient (Wildman–Crippen LogP) is 2.45. The molecule has 17 heavy (non-hydrogen) atoms. The number of rotatable bonds is 3. The molecule has 0 aliphatic carbocycles. The monoisotopic (exact) mass is 230 g/mol. The van der Waals surface area contributed by atoms with Crippen LogP contribution in [-0.2, 0) is 0 Å². The van der Waals surface area contributed by atoms with Crippen LogP contribution < -0.4 is 0 Å². The molecule has 1 aromatic carbocycles. The molecule has 0 spiro atoms. The lowest BCUT2D eigenvalue weighted by Crippen LogP contribution is -1.87. The third-order valence-corrected chi connectivity index (χ3v) is 2.21. The quantitative estimate of drug-likeness (QED) is 0.880. The highest BCUT2D eigenvalue weighted by molar-refractivity contribution is 5.60. The summed E-state index contributed by atoms with van der Waals surface area (Å²) < 4.78 is 12.8. The van der Waals surface area contributed by atoms with Crippen LogP contribution in [0.15, 0.2) is 48.6 Å². The van der Waals surface area contributed by atoms with Crippen molar-refractivity contribution >= 4 is 6.08 Å². The molecular weight excluding hydrogens is 219 g/mol. The van der Waals surface area contributed by atoms with Gasteiger partial charge in [0.2, 0.25) is 0 Å². The summed E-state index contributed by atoms with van der Waals surface area (Å²) in [6, 6.07) is 8.87. The van der Waals surface area contributed by atoms with Crippen LogP contribution in [0.2, 0.25) is 0 Å². The number of aliphatic hydroxyl groups is 1. The van der Waals surface area contributed by atoms with E-state index in [1.54, 1.807) is 30.6 Å². The van der Waals surface area contributed by atoms with E-state index in [-0.39, 0.29) is 0 Å². The van der Waals surface area contributed by atoms with Crippen LogP contribution in [-0.4, -0.2) is 21.7 Å². The number of halogens is 1. The van der Waals surface area contributed by atoms with Gasteiger partial charge in [0.25, 0.3) is 0 Å². The van der Waals surface area contributed by atoms with Crippen molar-refractivity contribution in [3.63, 3.8) is 0 Å². The van der Waals surface area contributed by atoms with E-state index >= 15 is 0 Å². The maximum absolute atomic E-state index is 12.8. The molecule has 0 aliphatic rings. The lowest BCUT2D eigenvalue weighted by atomic mass is 10.1. The van der Waals surface area contributed by atoms with Crippen LogP contribution in [0.25, 0.3) is 17.5 Å². The number of nitrogens with zero attached hydrogens (tertiary/aromatic N) is 2. The van der Waals surface area contributed by atoms with Crippen molar-refractivity contribution in [2.24, 2.45) is 0 Å². The summed E-state index contributed by atoms with van der Waals surface area (Å²) in [5.41, 5.74) is 1.56. The summed E-state index contributed by atoms with van der Waals surface area (Å²) >= 11 is 0. The van der Waals surface area contributed by atoms with Crippen molar-refractivity contribution in [3.05, 3.63) is 54.1 Å². The van der Waals surface area contributed by atoms with E-state index in [9.17, 15) is 4.39 Å². The standard InChI is InChI=1S/C13H11FN2O/c14-12(9-17)8-10-2-4-11(5-3-10)13-15-6-1-7-16-13/h1-8,17H,9H2/b12-8-. The van der Waals surface area contributed by atoms with E-state index < -0.39 is 12.4 Å². The average Bonchev–Trinajstić information content (AvgIpc) is 2.40. The summed E-state index contributed by atoms with van der Waals surface area (Å²) in [4.78, 5) is 8.23. The summed E-state index contributed by atoms with van der Waals surface area (Å²) in [7, 11) is 0. The van der Waals surface area contributed by atoms with E-state index in [0.717, 1.165) is 5.56 Å². The summed E-state index contributed by atoms with van der Waals surface area (Å²) in [5.74, 6) is 0.0689. The topological polar surface area (TPSA) is 46.0 Å². The first-order chi connectivity index (χ1) is 8.29. The first-order valence-electron chi connectivity index (χ1n) is 5.14. The third-order valence-electron chi connectivity index (χ3n) is 2.21. The van der Waals surface area contributed by atoms with E-state index in [2.05, 4.69) is 9.97 Å². The first kappa shape index (κ1) is 11.4. The van der Waals surface area contributed by atoms with Crippen LogP contribution in [0.3, 0.4) is 0 Å². The van der Waals surface area contributed by atoms with Gasteiger partial charge in [0, 0.05) is 18.0 Å². The van der Waals surface area contributed by atoms with Gasteiger partial charge < -0.3 is 5.11 Å². The molecule has 0 aliphatic heterocycles. The molecule has 0 unspecified atom stereocenters. The minimum absolute atomic E-state index is 0.561. The van der Waals surface area contributed by atoms with Crippen molar-refractivity contribution in [1.82, 2.24) is 9.97 Å². The maximum Gasteiger partial charge on any atom is 0.159 e. The Morgan fingerprint density at radius 2 is 1.82 bits per heavy atom. The second-order valence-corrected chi connectivity index (χ2v) is 3.44. The minimum Gasteiger partial charge on any atom is -0.389 e. The molecule has 1 N–H and O–H groups in total. The van der Waals surface area contributed by atoms with E-state index in [4.69, 9.17) is 5.11 Å². The highest BCUT2D eigenvalue weighted by Gasteiger charge is 1.99. The van der Waals surface area contributed by atoms with Crippen molar-refractivity contribution in [1.29, 1.82) is 0 Å². The number of aromatic nitrogens is 2. The van der Waals surface area contributed by atoms with Crippen LogP contribution in [0, 0.1) is 0 Å². The molecule has 3 nitrogen and oxygen atoms in total. The SMILES string of the molecule is OC/C(F)=C/c1ccc(-c2ncccn2)cc1. The normalized spacial score (nSPS) is 11.5. The van der Waals surface area contributed by atoms with Crippen molar-refractivity contribution in [2.45, 2.75) is 0 Å². The Balaban J connectivity index is 2.25. The minimum atomic E-state index is -0.580. The zero-order valence-electron chi connectivity index (χ0n) is 9.05. The van der Waals surface area contributed by atoms with Gasteiger partial charge in [-0.3, -0.25) is 0 Å². The third kappa shape index (κ3) is 2.95. The van der Waals surface area contributed by atoms with Crippen molar-refractivity contribution in [3.8, 4) is 11.4 Å². The lowest BCUT2D eigenvalue weighted by Gasteiger charge is -2.00. The summed E-state index contributed by atoms with van der Waals surface area (Å²) in [5, 5.41) is 8.57. The smallest absolute Gasteiger partial charge is 0.159 e. The zero-order valence-corrected chi connectivity index (χ0v) is 9.05. The molecule has 0 saturated heterocycles. The predicted molar refractivity (Wildman–Crippen MR) is 63.6 cm³/mol. The average molecular weight is 230 g/mol. The Hall–Kier alpha value is -2.07. The first-order valence-corrected chi connectivity index (χ1v) is 5.14. The van der Waals surface area contributed by atoms with E-state index in [0.29, 0.717) is 11.4 Å². The number of benzene rings is 1.